The second-order valence-electron chi connectivity index (χ2n) is 4.03. The van der Waals surface area contributed by atoms with Gasteiger partial charge in [-0.3, -0.25) is 9.59 Å². The predicted octanol–water partition coefficient (Wildman–Crippen LogP) is 3.16. The molecule has 0 radical (unpaired) electrons. The monoisotopic (exact) mass is 321 g/mol. The van der Waals surface area contributed by atoms with Crippen LogP contribution in [0.5, 0.6) is 0 Å². The van der Waals surface area contributed by atoms with Crippen LogP contribution in [0.3, 0.4) is 0 Å². The lowest BCUT2D eigenvalue weighted by atomic mass is 10.2. The Bertz CT molecular complexity index is 523. The SMILES string of the molecule is CCOC(=O)CCN(C)C(=O)c1cc(F)c(Cl)cc1Cl. The summed E-state index contributed by atoms with van der Waals surface area (Å²) >= 11 is 11.4. The van der Waals surface area contributed by atoms with Gasteiger partial charge < -0.3 is 9.64 Å². The summed E-state index contributed by atoms with van der Waals surface area (Å²) in [4.78, 5) is 24.6. The largest absolute Gasteiger partial charge is 0.466 e. The number of nitrogens with zero attached hydrogens (tertiary/aromatic N) is 1. The van der Waals surface area contributed by atoms with Crippen LogP contribution in [0.2, 0.25) is 10.0 Å². The van der Waals surface area contributed by atoms with Crippen molar-refractivity contribution in [3.63, 3.8) is 0 Å². The van der Waals surface area contributed by atoms with Crippen LogP contribution in [0.15, 0.2) is 12.1 Å². The molecular weight excluding hydrogens is 308 g/mol. The number of amides is 1. The lowest BCUT2D eigenvalue weighted by Crippen LogP contribution is -2.29. The number of halogens is 3. The smallest absolute Gasteiger partial charge is 0.307 e. The second kappa shape index (κ2) is 7.45. The fraction of sp³-hybridized carbons (Fsp3) is 0.385. The Morgan fingerprint density at radius 1 is 1.30 bits per heavy atom. The molecule has 0 atom stereocenters. The summed E-state index contributed by atoms with van der Waals surface area (Å²) < 4.78 is 18.1. The zero-order chi connectivity index (χ0) is 15.3. The van der Waals surface area contributed by atoms with E-state index >= 15 is 0 Å². The van der Waals surface area contributed by atoms with Crippen LogP contribution >= 0.6 is 23.2 Å². The van der Waals surface area contributed by atoms with Crippen LogP contribution in [-0.2, 0) is 9.53 Å². The third-order valence-corrected chi connectivity index (χ3v) is 3.15. The molecule has 1 aromatic rings. The zero-order valence-electron chi connectivity index (χ0n) is 11.1. The first-order valence-electron chi connectivity index (χ1n) is 5.92. The van der Waals surface area contributed by atoms with E-state index in [0.717, 1.165) is 6.07 Å². The molecule has 0 aliphatic rings. The number of carbonyl (C=O) groups is 2. The van der Waals surface area contributed by atoms with Gasteiger partial charge in [0, 0.05) is 13.6 Å². The standard InChI is InChI=1S/C13H14Cl2FNO3/c1-3-20-12(18)4-5-17(2)13(19)8-6-11(16)10(15)7-9(8)14/h6-7H,3-5H2,1-2H3. The van der Waals surface area contributed by atoms with Crippen molar-refractivity contribution in [2.75, 3.05) is 20.2 Å². The van der Waals surface area contributed by atoms with Crippen molar-refractivity contribution in [2.45, 2.75) is 13.3 Å². The first kappa shape index (κ1) is 16.7. The van der Waals surface area contributed by atoms with E-state index in [-0.39, 0.29) is 35.2 Å². The molecule has 0 aromatic heterocycles. The highest BCUT2D eigenvalue weighted by Gasteiger charge is 2.18. The molecule has 0 aliphatic carbocycles. The molecule has 7 heteroatoms. The Kier molecular flexibility index (Phi) is 6.23. The third kappa shape index (κ3) is 4.35. The molecule has 0 bridgehead atoms. The Morgan fingerprint density at radius 2 is 1.95 bits per heavy atom. The summed E-state index contributed by atoms with van der Waals surface area (Å²) in [5.74, 6) is -1.62. The summed E-state index contributed by atoms with van der Waals surface area (Å²) in [6.07, 6.45) is 0.0593. The molecular formula is C13H14Cl2FNO3. The maximum Gasteiger partial charge on any atom is 0.307 e. The van der Waals surface area contributed by atoms with E-state index in [1.54, 1.807) is 6.92 Å². The number of carbonyl (C=O) groups excluding carboxylic acids is 2. The average Bonchev–Trinajstić information content (AvgIpc) is 2.39. The van der Waals surface area contributed by atoms with Crippen LogP contribution in [0.1, 0.15) is 23.7 Å². The first-order valence-corrected chi connectivity index (χ1v) is 6.68. The minimum Gasteiger partial charge on any atom is -0.466 e. The maximum absolute atomic E-state index is 13.4. The van der Waals surface area contributed by atoms with Crippen molar-refractivity contribution in [1.82, 2.24) is 4.90 Å². The van der Waals surface area contributed by atoms with Crippen LogP contribution in [0.25, 0.3) is 0 Å². The topological polar surface area (TPSA) is 46.6 Å². The highest BCUT2D eigenvalue weighted by Crippen LogP contribution is 2.25. The average molecular weight is 322 g/mol. The Hall–Kier alpha value is -1.33. The maximum atomic E-state index is 13.4. The number of rotatable bonds is 5. The fourth-order valence-corrected chi connectivity index (χ4v) is 1.95. The molecule has 0 unspecified atom stereocenters. The normalized spacial score (nSPS) is 10.2. The van der Waals surface area contributed by atoms with Crippen molar-refractivity contribution < 1.29 is 18.7 Å². The summed E-state index contributed by atoms with van der Waals surface area (Å²) in [7, 11) is 1.49. The van der Waals surface area contributed by atoms with Crippen LogP contribution in [0.4, 0.5) is 4.39 Å². The van der Waals surface area contributed by atoms with Gasteiger partial charge in [0.05, 0.1) is 28.6 Å². The van der Waals surface area contributed by atoms with Crippen molar-refractivity contribution in [3.8, 4) is 0 Å². The van der Waals surface area contributed by atoms with Gasteiger partial charge in [0.25, 0.3) is 5.91 Å². The first-order chi connectivity index (χ1) is 9.36. The Balaban J connectivity index is 2.74. The molecule has 1 aromatic carbocycles. The Labute approximate surface area is 126 Å². The van der Waals surface area contributed by atoms with Gasteiger partial charge in [-0.05, 0) is 19.1 Å². The Morgan fingerprint density at radius 3 is 2.55 bits per heavy atom. The molecule has 0 aliphatic heterocycles. The van der Waals surface area contributed by atoms with E-state index in [2.05, 4.69) is 0 Å². The molecule has 0 saturated carbocycles. The van der Waals surface area contributed by atoms with Gasteiger partial charge >= 0.3 is 5.97 Å². The summed E-state index contributed by atoms with van der Waals surface area (Å²) in [5, 5.41) is -0.0925. The highest BCUT2D eigenvalue weighted by molar-refractivity contribution is 6.36. The molecule has 4 nitrogen and oxygen atoms in total. The zero-order valence-corrected chi connectivity index (χ0v) is 12.6. The minimum atomic E-state index is -0.724. The molecule has 1 rings (SSSR count). The molecule has 0 saturated heterocycles. The van der Waals surface area contributed by atoms with Crippen molar-refractivity contribution >= 4 is 35.1 Å². The number of ether oxygens (including phenoxy) is 1. The van der Waals surface area contributed by atoms with E-state index in [1.807, 2.05) is 0 Å². The molecule has 1 amide bonds. The van der Waals surface area contributed by atoms with Crippen LogP contribution < -0.4 is 0 Å². The second-order valence-corrected chi connectivity index (χ2v) is 4.84. The lowest BCUT2D eigenvalue weighted by molar-refractivity contribution is -0.143. The predicted molar refractivity (Wildman–Crippen MR) is 74.6 cm³/mol. The quantitative estimate of drug-likeness (QED) is 0.618. The van der Waals surface area contributed by atoms with Crippen molar-refractivity contribution in [1.29, 1.82) is 0 Å². The van der Waals surface area contributed by atoms with E-state index in [0.29, 0.717) is 0 Å². The molecule has 0 fully saturated rings. The van der Waals surface area contributed by atoms with Gasteiger partial charge in [-0.15, -0.1) is 0 Å². The summed E-state index contributed by atoms with van der Waals surface area (Å²) in [5.41, 5.74) is -0.0000689. The lowest BCUT2D eigenvalue weighted by Gasteiger charge is -2.17. The third-order valence-electron chi connectivity index (χ3n) is 2.54. The van der Waals surface area contributed by atoms with Crippen molar-refractivity contribution in [3.05, 3.63) is 33.6 Å². The molecule has 20 heavy (non-hydrogen) atoms. The molecule has 0 spiro atoms. The molecule has 0 heterocycles. The number of esters is 1. The summed E-state index contributed by atoms with van der Waals surface area (Å²) in [6, 6.07) is 2.15. The van der Waals surface area contributed by atoms with Gasteiger partial charge in [0.2, 0.25) is 0 Å². The van der Waals surface area contributed by atoms with E-state index in [4.69, 9.17) is 27.9 Å². The number of benzene rings is 1. The van der Waals surface area contributed by atoms with Gasteiger partial charge in [-0.25, -0.2) is 4.39 Å². The minimum absolute atomic E-state index is 0.0000689. The van der Waals surface area contributed by atoms with E-state index in [1.165, 1.54) is 18.0 Å². The fourth-order valence-electron chi connectivity index (χ4n) is 1.49. The van der Waals surface area contributed by atoms with Crippen molar-refractivity contribution in [2.24, 2.45) is 0 Å². The van der Waals surface area contributed by atoms with Gasteiger partial charge in [-0.2, -0.15) is 0 Å². The van der Waals surface area contributed by atoms with E-state index < -0.39 is 17.7 Å². The molecule has 0 N–H and O–H groups in total. The van der Waals surface area contributed by atoms with Gasteiger partial charge in [0.1, 0.15) is 5.82 Å². The van der Waals surface area contributed by atoms with E-state index in [9.17, 15) is 14.0 Å². The highest BCUT2D eigenvalue weighted by atomic mass is 35.5. The van der Waals surface area contributed by atoms with Gasteiger partial charge in [-0.1, -0.05) is 23.2 Å². The molecule has 110 valence electrons. The number of hydrogen-bond acceptors (Lipinski definition) is 3. The van der Waals surface area contributed by atoms with Gasteiger partial charge in [0.15, 0.2) is 0 Å². The summed E-state index contributed by atoms with van der Waals surface area (Å²) in [6.45, 7) is 2.13. The number of hydrogen-bond donors (Lipinski definition) is 0. The van der Waals surface area contributed by atoms with Crippen LogP contribution in [-0.4, -0.2) is 37.0 Å². The van der Waals surface area contributed by atoms with Crippen LogP contribution in [0, 0.1) is 5.82 Å².